The maximum Gasteiger partial charge on any atom is 0.244 e. The highest BCUT2D eigenvalue weighted by Crippen LogP contribution is 2.34. The normalized spacial score (nSPS) is 16.3. The molecule has 0 saturated heterocycles. The number of hydrogen-bond donors (Lipinski definition) is 0. The van der Waals surface area contributed by atoms with E-state index < -0.39 is 10.0 Å². The smallest absolute Gasteiger partial charge is 0.207 e. The van der Waals surface area contributed by atoms with Gasteiger partial charge in [-0.05, 0) is 41.3 Å². The van der Waals surface area contributed by atoms with E-state index in [1.807, 2.05) is 23.8 Å². The lowest BCUT2D eigenvalue weighted by molar-refractivity contribution is 0.394. The predicted molar refractivity (Wildman–Crippen MR) is 84.2 cm³/mol. The van der Waals surface area contributed by atoms with E-state index in [-0.39, 0.29) is 5.88 Å². The molecule has 20 heavy (non-hydrogen) atoms. The zero-order chi connectivity index (χ0) is 14.3. The van der Waals surface area contributed by atoms with E-state index in [4.69, 9.17) is 11.6 Å². The monoisotopic (exact) mass is 347 g/mol. The van der Waals surface area contributed by atoms with Crippen molar-refractivity contribution in [3.8, 4) is 0 Å². The number of nitrogens with zero attached hydrogens (tertiary/aromatic N) is 1. The van der Waals surface area contributed by atoms with Crippen molar-refractivity contribution in [2.24, 2.45) is 0 Å². The zero-order valence-corrected chi connectivity index (χ0v) is 14.1. The molecular formula is C13H14ClNO2S3. The third kappa shape index (κ3) is 2.33. The Morgan fingerprint density at radius 2 is 2.20 bits per heavy atom. The van der Waals surface area contributed by atoms with Gasteiger partial charge in [0.05, 0.1) is 5.88 Å². The first-order valence-corrected chi connectivity index (χ1v) is 9.95. The van der Waals surface area contributed by atoms with E-state index in [2.05, 4.69) is 0 Å². The second-order valence-corrected chi connectivity index (χ2v) is 8.87. The fourth-order valence-electron chi connectivity index (χ4n) is 2.48. The quantitative estimate of drug-likeness (QED) is 0.795. The highest BCUT2D eigenvalue weighted by Gasteiger charge is 2.32. The zero-order valence-electron chi connectivity index (χ0n) is 10.9. The largest absolute Gasteiger partial charge is 0.244 e. The van der Waals surface area contributed by atoms with Gasteiger partial charge in [-0.1, -0.05) is 0 Å². The van der Waals surface area contributed by atoms with Gasteiger partial charge in [0.1, 0.15) is 4.90 Å². The highest BCUT2D eigenvalue weighted by molar-refractivity contribution is 7.89. The molecule has 1 aliphatic rings. The average molecular weight is 348 g/mol. The highest BCUT2D eigenvalue weighted by atomic mass is 35.5. The van der Waals surface area contributed by atoms with Crippen molar-refractivity contribution in [3.05, 3.63) is 37.7 Å². The molecule has 3 nitrogen and oxygen atoms in total. The summed E-state index contributed by atoms with van der Waals surface area (Å²) in [6, 6.07) is 2.02. The van der Waals surface area contributed by atoms with Gasteiger partial charge in [0.25, 0.3) is 0 Å². The topological polar surface area (TPSA) is 37.4 Å². The molecule has 3 rings (SSSR count). The summed E-state index contributed by atoms with van der Waals surface area (Å²) in [6.45, 7) is 2.85. The lowest BCUT2D eigenvalue weighted by Gasteiger charge is -2.26. The van der Waals surface area contributed by atoms with Crippen LogP contribution in [0, 0.1) is 6.92 Å². The Morgan fingerprint density at radius 1 is 1.40 bits per heavy atom. The van der Waals surface area contributed by atoms with E-state index in [0.717, 1.165) is 22.4 Å². The molecule has 0 saturated carbocycles. The summed E-state index contributed by atoms with van der Waals surface area (Å²) in [4.78, 5) is 2.45. The molecule has 2 aromatic rings. The number of aryl methyl sites for hydroxylation is 1. The first kappa shape index (κ1) is 14.5. The van der Waals surface area contributed by atoms with Gasteiger partial charge in [-0.25, -0.2) is 8.42 Å². The summed E-state index contributed by atoms with van der Waals surface area (Å²) in [7, 11) is -3.45. The molecule has 0 fully saturated rings. The summed E-state index contributed by atoms with van der Waals surface area (Å²) < 4.78 is 27.3. The summed E-state index contributed by atoms with van der Waals surface area (Å²) >= 11 is 9.01. The van der Waals surface area contributed by atoms with E-state index >= 15 is 0 Å². The van der Waals surface area contributed by atoms with Crippen molar-refractivity contribution < 1.29 is 8.42 Å². The molecule has 108 valence electrons. The maximum absolute atomic E-state index is 12.9. The van der Waals surface area contributed by atoms with Crippen molar-refractivity contribution in [2.45, 2.75) is 30.7 Å². The molecular weight excluding hydrogens is 334 g/mol. The van der Waals surface area contributed by atoms with Crippen LogP contribution in [-0.2, 0) is 28.9 Å². The molecule has 7 heteroatoms. The summed E-state index contributed by atoms with van der Waals surface area (Å²) in [5.74, 6) is 0.241. The van der Waals surface area contributed by atoms with Gasteiger partial charge in [0.15, 0.2) is 0 Å². The molecule has 0 aliphatic carbocycles. The number of alkyl halides is 1. The number of hydrogen-bond acceptors (Lipinski definition) is 4. The number of halogens is 1. The van der Waals surface area contributed by atoms with Gasteiger partial charge >= 0.3 is 0 Å². The average Bonchev–Trinajstić information content (AvgIpc) is 3.03. The Bertz CT molecular complexity index is 733. The van der Waals surface area contributed by atoms with Crippen LogP contribution in [-0.4, -0.2) is 19.3 Å². The van der Waals surface area contributed by atoms with Gasteiger partial charge in [-0.2, -0.15) is 4.31 Å². The van der Waals surface area contributed by atoms with Crippen molar-refractivity contribution in [1.29, 1.82) is 0 Å². The third-order valence-electron chi connectivity index (χ3n) is 3.48. The molecule has 0 atom stereocenters. The van der Waals surface area contributed by atoms with Gasteiger partial charge in [-0.3, -0.25) is 0 Å². The Labute approximate surface area is 131 Å². The fourth-order valence-corrected chi connectivity index (χ4v) is 6.80. The van der Waals surface area contributed by atoms with E-state index in [0.29, 0.717) is 18.0 Å². The van der Waals surface area contributed by atoms with Gasteiger partial charge in [0.2, 0.25) is 10.0 Å². The molecule has 0 unspecified atom stereocenters. The van der Waals surface area contributed by atoms with Crippen molar-refractivity contribution in [3.63, 3.8) is 0 Å². The minimum Gasteiger partial charge on any atom is -0.207 e. The van der Waals surface area contributed by atoms with Crippen molar-refractivity contribution in [1.82, 2.24) is 4.31 Å². The Kier molecular flexibility index (Phi) is 3.94. The summed E-state index contributed by atoms with van der Waals surface area (Å²) in [5, 5.41) is 3.89. The van der Waals surface area contributed by atoms with Crippen LogP contribution in [0.2, 0.25) is 0 Å². The second kappa shape index (κ2) is 5.42. The molecule has 0 spiro atoms. The lowest BCUT2D eigenvalue weighted by atomic mass is 10.1. The van der Waals surface area contributed by atoms with Crippen LogP contribution < -0.4 is 0 Å². The second-order valence-electron chi connectivity index (χ2n) is 4.76. The molecule has 0 N–H and O–H groups in total. The minimum absolute atomic E-state index is 0.241. The van der Waals surface area contributed by atoms with E-state index in [1.54, 1.807) is 15.6 Å². The number of thiophene rings is 2. The van der Waals surface area contributed by atoms with Crippen LogP contribution in [0.1, 0.15) is 20.9 Å². The van der Waals surface area contributed by atoms with Crippen LogP contribution in [0.4, 0.5) is 0 Å². The van der Waals surface area contributed by atoms with Gasteiger partial charge in [0, 0.05) is 22.8 Å². The number of fused-ring (bicyclic) bond motifs is 1. The van der Waals surface area contributed by atoms with Crippen LogP contribution in [0.25, 0.3) is 0 Å². The molecule has 3 heterocycles. The van der Waals surface area contributed by atoms with Crippen LogP contribution in [0.3, 0.4) is 0 Å². The van der Waals surface area contributed by atoms with Gasteiger partial charge < -0.3 is 0 Å². The van der Waals surface area contributed by atoms with Crippen LogP contribution in [0.15, 0.2) is 21.7 Å². The first-order valence-electron chi connectivity index (χ1n) is 6.22. The third-order valence-corrected chi connectivity index (χ3v) is 8.24. The Hall–Kier alpha value is -0.400. The molecule has 1 aliphatic heterocycles. The van der Waals surface area contributed by atoms with Crippen LogP contribution >= 0.6 is 34.3 Å². The Balaban J connectivity index is 1.99. The molecule has 0 bridgehead atoms. The standard InChI is InChI=1S/C13H14ClNO2S3/c1-9-8-19-12(6-14)13(9)20(16,17)15-4-2-11-10(7-15)3-5-18-11/h3,5,8H,2,4,6-7H2,1H3. The molecule has 2 aromatic heterocycles. The number of rotatable bonds is 3. The first-order chi connectivity index (χ1) is 9.54. The van der Waals surface area contributed by atoms with E-state index in [9.17, 15) is 8.42 Å². The Morgan fingerprint density at radius 3 is 2.95 bits per heavy atom. The molecule has 0 amide bonds. The fraction of sp³-hybridized carbons (Fsp3) is 0.385. The summed E-state index contributed by atoms with van der Waals surface area (Å²) in [6.07, 6.45) is 0.797. The summed E-state index contributed by atoms with van der Waals surface area (Å²) in [5.41, 5.74) is 1.92. The van der Waals surface area contributed by atoms with Crippen LogP contribution in [0.5, 0.6) is 0 Å². The SMILES string of the molecule is Cc1csc(CCl)c1S(=O)(=O)N1CCc2sccc2C1. The molecule has 0 aromatic carbocycles. The minimum atomic E-state index is -3.45. The lowest BCUT2D eigenvalue weighted by Crippen LogP contribution is -2.35. The number of sulfonamides is 1. The predicted octanol–water partition coefficient (Wildman–Crippen LogP) is 3.60. The van der Waals surface area contributed by atoms with Crippen molar-refractivity contribution >= 4 is 44.3 Å². The maximum atomic E-state index is 12.9. The van der Waals surface area contributed by atoms with Gasteiger partial charge in [-0.15, -0.1) is 34.3 Å². The van der Waals surface area contributed by atoms with Crippen molar-refractivity contribution in [2.75, 3.05) is 6.54 Å². The molecule has 0 radical (unpaired) electrons. The van der Waals surface area contributed by atoms with E-state index in [1.165, 1.54) is 16.2 Å².